The molecule has 2 rings (SSSR count). The zero-order valence-corrected chi connectivity index (χ0v) is 8.38. The summed E-state index contributed by atoms with van der Waals surface area (Å²) in [6.07, 6.45) is 6.20. The van der Waals surface area contributed by atoms with Crippen molar-refractivity contribution in [1.82, 2.24) is 4.98 Å². The highest BCUT2D eigenvalue weighted by molar-refractivity contribution is 6.22. The van der Waals surface area contributed by atoms with Crippen LogP contribution in [0.5, 0.6) is 0 Å². The Hall–Kier alpha value is -0.820. The predicted molar refractivity (Wildman–Crippen MR) is 55.8 cm³/mol. The average molecular weight is 194 g/mol. The third kappa shape index (κ3) is 1.92. The monoisotopic (exact) mass is 193 g/mol. The van der Waals surface area contributed by atoms with Crippen molar-refractivity contribution in [3.63, 3.8) is 0 Å². The fourth-order valence-corrected chi connectivity index (χ4v) is 1.84. The van der Waals surface area contributed by atoms with Gasteiger partial charge in [0.1, 0.15) is 0 Å². The van der Waals surface area contributed by atoms with E-state index in [9.17, 15) is 0 Å². The number of aromatic nitrogens is 1. The van der Waals surface area contributed by atoms with Gasteiger partial charge in [-0.25, -0.2) is 0 Å². The Labute approximate surface area is 83.4 Å². The lowest BCUT2D eigenvalue weighted by molar-refractivity contribution is 0.941. The summed E-state index contributed by atoms with van der Waals surface area (Å²) in [4.78, 5) is 4.26. The highest BCUT2D eigenvalue weighted by atomic mass is 35.5. The summed E-state index contributed by atoms with van der Waals surface area (Å²) in [7, 11) is 0. The summed E-state index contributed by atoms with van der Waals surface area (Å²) >= 11 is 5.99. The average Bonchev–Trinajstić information content (AvgIpc) is 2.53. The van der Waals surface area contributed by atoms with E-state index in [4.69, 9.17) is 11.6 Å². The Morgan fingerprint density at radius 1 is 1.46 bits per heavy atom. The molecule has 1 heterocycles. The van der Waals surface area contributed by atoms with E-state index in [0.29, 0.717) is 0 Å². The minimum Gasteiger partial charge on any atom is -0.261 e. The summed E-state index contributed by atoms with van der Waals surface area (Å²) in [6, 6.07) is 4.15. The molecule has 1 nitrogen and oxygen atoms in total. The number of nitrogens with zero attached hydrogens (tertiary/aromatic N) is 1. The molecule has 0 fully saturated rings. The number of alkyl halides is 1. The molecule has 0 saturated heterocycles. The first kappa shape index (κ1) is 8.76. The van der Waals surface area contributed by atoms with Crippen molar-refractivity contribution in [1.29, 1.82) is 0 Å². The summed E-state index contributed by atoms with van der Waals surface area (Å²) in [5, 5.41) is 0.219. The Bertz CT molecular complexity index is 326. The number of allylic oxidation sites excluding steroid dienone is 2. The summed E-state index contributed by atoms with van der Waals surface area (Å²) < 4.78 is 0. The van der Waals surface area contributed by atoms with Gasteiger partial charge in [0.25, 0.3) is 0 Å². The zero-order valence-electron chi connectivity index (χ0n) is 7.63. The van der Waals surface area contributed by atoms with Crippen molar-refractivity contribution < 1.29 is 0 Å². The summed E-state index contributed by atoms with van der Waals surface area (Å²) in [5.74, 6) is 0. The first-order chi connectivity index (χ1) is 6.25. The van der Waals surface area contributed by atoms with Crippen LogP contribution in [0.25, 0.3) is 5.57 Å². The lowest BCUT2D eigenvalue weighted by Crippen LogP contribution is -1.84. The quantitative estimate of drug-likeness (QED) is 0.625. The van der Waals surface area contributed by atoms with Gasteiger partial charge in [-0.15, -0.1) is 11.6 Å². The van der Waals surface area contributed by atoms with E-state index >= 15 is 0 Å². The predicted octanol–water partition coefficient (Wildman–Crippen LogP) is 3.17. The highest BCUT2D eigenvalue weighted by Crippen LogP contribution is 2.29. The van der Waals surface area contributed by atoms with E-state index < -0.39 is 0 Å². The van der Waals surface area contributed by atoms with Crippen molar-refractivity contribution in [2.75, 3.05) is 0 Å². The van der Waals surface area contributed by atoms with Crippen LogP contribution in [-0.4, -0.2) is 10.4 Å². The highest BCUT2D eigenvalue weighted by Gasteiger charge is 2.14. The van der Waals surface area contributed by atoms with Crippen molar-refractivity contribution in [3.8, 4) is 0 Å². The van der Waals surface area contributed by atoms with Crippen molar-refractivity contribution in [2.45, 2.75) is 25.1 Å². The van der Waals surface area contributed by atoms with Crippen LogP contribution in [0.1, 0.15) is 24.1 Å². The third-order valence-corrected chi connectivity index (χ3v) is 2.70. The van der Waals surface area contributed by atoms with Gasteiger partial charge in [-0.2, -0.15) is 0 Å². The first-order valence-electron chi connectivity index (χ1n) is 4.53. The van der Waals surface area contributed by atoms with E-state index in [1.807, 2.05) is 19.2 Å². The summed E-state index contributed by atoms with van der Waals surface area (Å²) in [5.41, 5.74) is 3.62. The zero-order chi connectivity index (χ0) is 9.26. The van der Waals surface area contributed by atoms with Gasteiger partial charge < -0.3 is 0 Å². The van der Waals surface area contributed by atoms with Crippen molar-refractivity contribution >= 4 is 17.2 Å². The number of halogens is 1. The van der Waals surface area contributed by atoms with Gasteiger partial charge >= 0.3 is 0 Å². The molecule has 0 saturated carbocycles. The van der Waals surface area contributed by atoms with E-state index in [0.717, 1.165) is 18.5 Å². The Morgan fingerprint density at radius 2 is 2.31 bits per heavy atom. The number of rotatable bonds is 1. The second kappa shape index (κ2) is 3.51. The standard InChI is InChI=1S/C11H12ClN/c1-8-2-3-10(7-13-8)9-4-5-11(12)6-9/h2-3,6-7,11H,4-5H2,1H3. The summed E-state index contributed by atoms with van der Waals surface area (Å²) in [6.45, 7) is 2.00. The van der Waals surface area contributed by atoms with Crippen molar-refractivity contribution in [2.24, 2.45) is 0 Å². The Balaban J connectivity index is 2.26. The molecule has 1 aliphatic rings. The maximum absolute atomic E-state index is 5.99. The molecule has 0 bridgehead atoms. The molecule has 1 aromatic rings. The largest absolute Gasteiger partial charge is 0.261 e. The SMILES string of the molecule is Cc1ccc(C2=CC(Cl)CC2)cn1. The van der Waals surface area contributed by atoms with Crippen molar-refractivity contribution in [3.05, 3.63) is 35.7 Å². The first-order valence-corrected chi connectivity index (χ1v) is 4.97. The molecule has 1 aromatic heterocycles. The topological polar surface area (TPSA) is 12.9 Å². The fourth-order valence-electron chi connectivity index (χ4n) is 1.58. The molecule has 13 heavy (non-hydrogen) atoms. The third-order valence-electron chi connectivity index (χ3n) is 2.35. The van der Waals surface area contributed by atoms with Crippen LogP contribution in [0.2, 0.25) is 0 Å². The molecule has 0 spiro atoms. The maximum atomic E-state index is 5.99. The number of hydrogen-bond donors (Lipinski definition) is 0. The fraction of sp³-hybridized carbons (Fsp3) is 0.364. The van der Waals surface area contributed by atoms with Crippen LogP contribution < -0.4 is 0 Å². The molecule has 1 unspecified atom stereocenters. The molecule has 0 radical (unpaired) electrons. The molecule has 0 N–H and O–H groups in total. The number of pyridine rings is 1. The van der Waals surface area contributed by atoms with Crippen LogP contribution in [-0.2, 0) is 0 Å². The Kier molecular flexibility index (Phi) is 2.36. The van der Waals surface area contributed by atoms with Gasteiger partial charge in [-0.1, -0.05) is 12.1 Å². The minimum absolute atomic E-state index is 0.219. The van der Waals surface area contributed by atoms with Crippen LogP contribution in [0.15, 0.2) is 24.4 Å². The van der Waals surface area contributed by atoms with E-state index in [1.54, 1.807) is 0 Å². The number of aryl methyl sites for hydroxylation is 1. The molecule has 1 atom stereocenters. The molecule has 68 valence electrons. The van der Waals surface area contributed by atoms with E-state index in [2.05, 4.69) is 17.1 Å². The molecule has 2 heteroatoms. The van der Waals surface area contributed by atoms with Gasteiger partial charge in [0.05, 0.1) is 5.38 Å². The second-order valence-corrected chi connectivity index (χ2v) is 4.00. The van der Waals surface area contributed by atoms with Crippen LogP contribution in [0.4, 0.5) is 0 Å². The number of hydrogen-bond acceptors (Lipinski definition) is 1. The van der Waals surface area contributed by atoms with E-state index in [-0.39, 0.29) is 5.38 Å². The second-order valence-electron chi connectivity index (χ2n) is 3.43. The molecular formula is C11H12ClN. The van der Waals surface area contributed by atoms with Crippen LogP contribution >= 0.6 is 11.6 Å². The molecule has 0 aliphatic heterocycles. The van der Waals surface area contributed by atoms with Crippen LogP contribution in [0, 0.1) is 6.92 Å². The Morgan fingerprint density at radius 3 is 2.85 bits per heavy atom. The maximum Gasteiger partial charge on any atom is 0.0525 e. The molecule has 0 aromatic carbocycles. The lowest BCUT2D eigenvalue weighted by atomic mass is 10.1. The smallest absolute Gasteiger partial charge is 0.0525 e. The van der Waals surface area contributed by atoms with Gasteiger partial charge in [-0.3, -0.25) is 4.98 Å². The normalized spacial score (nSPS) is 21.7. The van der Waals surface area contributed by atoms with E-state index in [1.165, 1.54) is 11.1 Å². The lowest BCUT2D eigenvalue weighted by Gasteiger charge is -2.00. The molecule has 1 aliphatic carbocycles. The van der Waals surface area contributed by atoms with Gasteiger partial charge in [0.2, 0.25) is 0 Å². The van der Waals surface area contributed by atoms with Gasteiger partial charge in [-0.05, 0) is 37.0 Å². The minimum atomic E-state index is 0.219. The van der Waals surface area contributed by atoms with Gasteiger partial charge in [0.15, 0.2) is 0 Å². The van der Waals surface area contributed by atoms with Crippen LogP contribution in [0.3, 0.4) is 0 Å². The van der Waals surface area contributed by atoms with Gasteiger partial charge in [0, 0.05) is 11.9 Å². The molecular weight excluding hydrogens is 182 g/mol. The molecule has 0 amide bonds.